The molecule has 2 aromatic heterocycles. The van der Waals surface area contributed by atoms with E-state index in [1.54, 1.807) is 18.2 Å². The van der Waals surface area contributed by atoms with Gasteiger partial charge in [0.15, 0.2) is 5.11 Å². The molecule has 4 N–H and O–H groups in total. The lowest BCUT2D eigenvalue weighted by Gasteiger charge is -2.18. The number of anilines is 1. The number of carbonyl (C=O) groups excluding carboxylic acids is 2. The molecule has 0 spiro atoms. The molecule has 0 saturated carbocycles. The van der Waals surface area contributed by atoms with Crippen LogP contribution in [0.4, 0.5) is 5.00 Å². The summed E-state index contributed by atoms with van der Waals surface area (Å²) in [6.45, 7) is 2.19. The monoisotopic (exact) mass is 497 g/mol. The lowest BCUT2D eigenvalue weighted by atomic mass is 9.88. The maximum absolute atomic E-state index is 12.7. The summed E-state index contributed by atoms with van der Waals surface area (Å²) in [5.41, 5.74) is 7.09. The number of benzene rings is 1. The van der Waals surface area contributed by atoms with Gasteiger partial charge in [0.05, 0.1) is 10.6 Å². The number of hydrogen-bond donors (Lipinski definition) is 3. The average Bonchev–Trinajstić information content (AvgIpc) is 3.18. The van der Waals surface area contributed by atoms with E-state index in [1.807, 2.05) is 0 Å². The number of nitrogens with two attached hydrogens (primary N) is 1. The molecule has 0 aliphatic heterocycles. The van der Waals surface area contributed by atoms with Crippen molar-refractivity contribution in [1.82, 2.24) is 5.32 Å². The number of halogens is 2. The standard InChI is InChI=1S/C20H17Cl2N3O2S3/c1-8-2-4-10-12(6-8)30-19(14(10)17(23)26)25-20(28)24-18(27)16-15(22)11-5-3-9(21)7-13(11)29-16/h3,5,7-8H,2,4,6H2,1H3,(H2,23,26)(H2,24,25,27,28)/t8-/m1/s1. The van der Waals surface area contributed by atoms with Crippen molar-refractivity contribution >= 4 is 90.1 Å². The second kappa shape index (κ2) is 8.43. The quantitative estimate of drug-likeness (QED) is 0.410. The number of fused-ring (bicyclic) bond motifs is 2. The zero-order valence-electron chi connectivity index (χ0n) is 15.8. The predicted octanol–water partition coefficient (Wildman–Crippen LogP) is 5.62. The number of nitrogens with one attached hydrogen (secondary N) is 2. The summed E-state index contributed by atoms with van der Waals surface area (Å²) in [6.07, 6.45) is 2.73. The van der Waals surface area contributed by atoms with Crippen molar-refractivity contribution in [2.24, 2.45) is 11.7 Å². The summed E-state index contributed by atoms with van der Waals surface area (Å²) in [6, 6.07) is 5.26. The Balaban J connectivity index is 1.55. The van der Waals surface area contributed by atoms with Gasteiger partial charge in [-0.25, -0.2) is 0 Å². The Morgan fingerprint density at radius 2 is 2.03 bits per heavy atom. The molecule has 4 rings (SSSR count). The van der Waals surface area contributed by atoms with Crippen LogP contribution in [0, 0.1) is 5.92 Å². The molecule has 1 aromatic carbocycles. The van der Waals surface area contributed by atoms with E-state index in [4.69, 9.17) is 41.2 Å². The highest BCUT2D eigenvalue weighted by Crippen LogP contribution is 2.40. The lowest BCUT2D eigenvalue weighted by molar-refractivity contribution is 0.0979. The van der Waals surface area contributed by atoms with Gasteiger partial charge in [-0.15, -0.1) is 22.7 Å². The number of thiophene rings is 2. The second-order valence-electron chi connectivity index (χ2n) is 7.21. The zero-order chi connectivity index (χ0) is 21.6. The minimum absolute atomic E-state index is 0.0840. The van der Waals surface area contributed by atoms with Crippen molar-refractivity contribution in [1.29, 1.82) is 0 Å². The number of rotatable bonds is 3. The summed E-state index contributed by atoms with van der Waals surface area (Å²) in [5.74, 6) is -0.367. The summed E-state index contributed by atoms with van der Waals surface area (Å²) in [4.78, 5) is 26.3. The van der Waals surface area contributed by atoms with E-state index in [0.717, 1.165) is 39.8 Å². The van der Waals surface area contributed by atoms with Crippen LogP contribution >= 0.6 is 58.1 Å². The third-order valence-electron chi connectivity index (χ3n) is 5.01. The van der Waals surface area contributed by atoms with E-state index in [-0.39, 0.29) is 5.11 Å². The molecule has 3 aromatic rings. The fourth-order valence-electron chi connectivity index (χ4n) is 3.58. The molecule has 0 radical (unpaired) electrons. The zero-order valence-corrected chi connectivity index (χ0v) is 19.8. The molecule has 2 heterocycles. The highest BCUT2D eigenvalue weighted by atomic mass is 35.5. The number of primary amides is 1. The first-order chi connectivity index (χ1) is 14.2. The van der Waals surface area contributed by atoms with Crippen LogP contribution in [0.25, 0.3) is 10.1 Å². The van der Waals surface area contributed by atoms with E-state index in [9.17, 15) is 9.59 Å². The maximum Gasteiger partial charge on any atom is 0.269 e. The van der Waals surface area contributed by atoms with Gasteiger partial charge in [-0.2, -0.15) is 0 Å². The van der Waals surface area contributed by atoms with E-state index in [0.29, 0.717) is 31.4 Å². The fraction of sp³-hybridized carbons (Fsp3) is 0.250. The minimum Gasteiger partial charge on any atom is -0.365 e. The molecule has 0 bridgehead atoms. The van der Waals surface area contributed by atoms with Gasteiger partial charge in [0.1, 0.15) is 9.88 Å². The Labute approximate surface area is 196 Å². The number of hydrogen-bond acceptors (Lipinski definition) is 5. The molecule has 0 unspecified atom stereocenters. The summed E-state index contributed by atoms with van der Waals surface area (Å²) >= 11 is 20.4. The van der Waals surface area contributed by atoms with Gasteiger partial charge in [0.2, 0.25) is 0 Å². The van der Waals surface area contributed by atoms with E-state index < -0.39 is 11.8 Å². The molecule has 5 nitrogen and oxygen atoms in total. The fourth-order valence-corrected chi connectivity index (χ4v) is 6.95. The maximum atomic E-state index is 12.7. The first-order valence-electron chi connectivity index (χ1n) is 9.18. The number of amides is 2. The van der Waals surface area contributed by atoms with Crippen molar-refractivity contribution < 1.29 is 9.59 Å². The first-order valence-corrected chi connectivity index (χ1v) is 12.0. The van der Waals surface area contributed by atoms with Crippen LogP contribution < -0.4 is 16.4 Å². The molecule has 2 amide bonds. The number of thiocarbonyl (C=S) groups is 1. The van der Waals surface area contributed by atoms with Gasteiger partial charge in [-0.1, -0.05) is 36.2 Å². The van der Waals surface area contributed by atoms with Crippen LogP contribution in [0.15, 0.2) is 18.2 Å². The van der Waals surface area contributed by atoms with Crippen molar-refractivity contribution in [2.45, 2.75) is 26.2 Å². The van der Waals surface area contributed by atoms with Gasteiger partial charge in [-0.3, -0.25) is 14.9 Å². The Morgan fingerprint density at radius 1 is 1.27 bits per heavy atom. The molecular formula is C20H17Cl2N3O2S3. The Morgan fingerprint density at radius 3 is 2.77 bits per heavy atom. The van der Waals surface area contributed by atoms with E-state index in [2.05, 4.69) is 17.6 Å². The average molecular weight is 498 g/mol. The van der Waals surface area contributed by atoms with Gasteiger partial charge in [-0.05, 0) is 55.1 Å². The molecule has 1 aliphatic carbocycles. The van der Waals surface area contributed by atoms with Gasteiger partial charge in [0, 0.05) is 20.0 Å². The van der Waals surface area contributed by atoms with Gasteiger partial charge < -0.3 is 11.1 Å². The van der Waals surface area contributed by atoms with Crippen molar-refractivity contribution in [3.8, 4) is 0 Å². The summed E-state index contributed by atoms with van der Waals surface area (Å²) in [7, 11) is 0. The van der Waals surface area contributed by atoms with Crippen LogP contribution in [-0.2, 0) is 12.8 Å². The molecule has 156 valence electrons. The highest BCUT2D eigenvalue weighted by Gasteiger charge is 2.27. The van der Waals surface area contributed by atoms with Crippen LogP contribution in [0.1, 0.15) is 43.8 Å². The molecule has 10 heteroatoms. The largest absolute Gasteiger partial charge is 0.365 e. The minimum atomic E-state index is -0.497. The molecular weight excluding hydrogens is 481 g/mol. The molecule has 0 fully saturated rings. The predicted molar refractivity (Wildman–Crippen MR) is 130 cm³/mol. The van der Waals surface area contributed by atoms with Crippen molar-refractivity contribution in [2.75, 3.05) is 5.32 Å². The third-order valence-corrected chi connectivity index (χ3v) is 8.27. The normalized spacial score (nSPS) is 15.6. The Kier molecular flexibility index (Phi) is 6.05. The van der Waals surface area contributed by atoms with Crippen molar-refractivity contribution in [3.05, 3.63) is 49.1 Å². The molecule has 0 saturated heterocycles. The second-order valence-corrected chi connectivity index (χ2v) is 10.6. The molecule has 1 aliphatic rings. The Bertz CT molecular complexity index is 1200. The SMILES string of the molecule is C[C@@H]1CCc2c(sc(NC(=S)NC(=O)c3sc4cc(Cl)ccc4c3Cl)c2C(N)=O)C1. The summed E-state index contributed by atoms with van der Waals surface area (Å²) in [5, 5.41) is 7.96. The smallest absolute Gasteiger partial charge is 0.269 e. The number of carbonyl (C=O) groups is 2. The first kappa shape index (κ1) is 21.5. The highest BCUT2D eigenvalue weighted by molar-refractivity contribution is 7.80. The van der Waals surface area contributed by atoms with E-state index in [1.165, 1.54) is 22.7 Å². The van der Waals surface area contributed by atoms with Gasteiger partial charge >= 0.3 is 0 Å². The molecule has 1 atom stereocenters. The third kappa shape index (κ3) is 4.07. The van der Waals surface area contributed by atoms with E-state index >= 15 is 0 Å². The topological polar surface area (TPSA) is 84.2 Å². The van der Waals surface area contributed by atoms with Gasteiger partial charge in [0.25, 0.3) is 11.8 Å². The van der Waals surface area contributed by atoms with Crippen molar-refractivity contribution in [3.63, 3.8) is 0 Å². The Hall–Kier alpha value is -1.71. The molecule has 30 heavy (non-hydrogen) atoms. The van der Waals surface area contributed by atoms with Crippen LogP contribution in [0.2, 0.25) is 10.0 Å². The van der Waals surface area contributed by atoms with Crippen LogP contribution in [0.5, 0.6) is 0 Å². The lowest BCUT2D eigenvalue weighted by Crippen LogP contribution is -2.34. The summed E-state index contributed by atoms with van der Waals surface area (Å²) < 4.78 is 0.813. The van der Waals surface area contributed by atoms with Crippen LogP contribution in [0.3, 0.4) is 0 Å². The van der Waals surface area contributed by atoms with Crippen LogP contribution in [-0.4, -0.2) is 16.9 Å².